The Bertz CT molecular complexity index is 1230. The third-order valence-corrected chi connectivity index (χ3v) is 7.14. The summed E-state index contributed by atoms with van der Waals surface area (Å²) < 4.78 is 27.5. The minimum absolute atomic E-state index is 0.0119. The Labute approximate surface area is 175 Å². The Hall–Kier alpha value is -3.28. The number of imidazole rings is 1. The molecule has 0 fully saturated rings. The van der Waals surface area contributed by atoms with E-state index >= 15 is 0 Å². The third-order valence-electron chi connectivity index (χ3n) is 4.12. The third kappa shape index (κ3) is 3.90. The molecule has 1 aromatic carbocycles. The monoisotopic (exact) mass is 445 g/mol. The summed E-state index contributed by atoms with van der Waals surface area (Å²) in [5.41, 5.74) is 0.845. The molecule has 0 spiro atoms. The van der Waals surface area contributed by atoms with Crippen molar-refractivity contribution in [2.75, 3.05) is 7.05 Å². The molecule has 0 atom stereocenters. The summed E-state index contributed by atoms with van der Waals surface area (Å²) >= 11 is 1.09. The Morgan fingerprint density at radius 1 is 1.07 bits per heavy atom. The van der Waals surface area contributed by atoms with Gasteiger partial charge in [-0.2, -0.15) is 8.42 Å². The van der Waals surface area contributed by atoms with Crippen LogP contribution < -0.4 is 0 Å². The van der Waals surface area contributed by atoms with Gasteiger partial charge in [0.05, 0.1) is 18.3 Å². The fourth-order valence-corrected chi connectivity index (χ4v) is 5.25. The summed E-state index contributed by atoms with van der Waals surface area (Å²) in [6.07, 6.45) is 2.22. The smallest absolute Gasteiger partial charge is 0.329 e. The fraction of sp³-hybridized carbons (Fsp3) is 0.105. The van der Waals surface area contributed by atoms with Gasteiger partial charge in [-0.25, -0.2) is 18.5 Å². The summed E-state index contributed by atoms with van der Waals surface area (Å²) in [6.45, 7) is 0. The van der Waals surface area contributed by atoms with Crippen LogP contribution in [0, 0.1) is 0 Å². The minimum Gasteiger partial charge on any atom is -0.329 e. The first-order valence-corrected chi connectivity index (χ1v) is 11.0. The maximum absolute atomic E-state index is 13.2. The molecule has 0 radical (unpaired) electrons. The van der Waals surface area contributed by atoms with Crippen LogP contribution in [0.25, 0.3) is 11.4 Å². The van der Waals surface area contributed by atoms with E-state index in [1.807, 2.05) is 0 Å². The average molecular weight is 445 g/mol. The van der Waals surface area contributed by atoms with Crippen LogP contribution in [-0.4, -0.2) is 41.6 Å². The first-order chi connectivity index (χ1) is 14.3. The lowest BCUT2D eigenvalue weighted by Gasteiger charge is -2.10. The number of carbonyl (C=O) groups excluding carboxylic acids is 2. The van der Waals surface area contributed by atoms with Gasteiger partial charge in [-0.15, -0.1) is 11.3 Å². The van der Waals surface area contributed by atoms with Crippen molar-refractivity contribution in [1.82, 2.24) is 14.2 Å². The number of benzene rings is 1. The molecule has 4 rings (SSSR count). The molecule has 1 aliphatic heterocycles. The Balaban J connectivity index is 1.79. The van der Waals surface area contributed by atoms with Crippen molar-refractivity contribution in [1.29, 1.82) is 0 Å². The van der Waals surface area contributed by atoms with Crippen molar-refractivity contribution in [3.8, 4) is 11.4 Å². The lowest BCUT2D eigenvalue weighted by atomic mass is 10.1. The zero-order chi connectivity index (χ0) is 21.3. The van der Waals surface area contributed by atoms with Crippen LogP contribution in [0.2, 0.25) is 0 Å². The number of hydroxylamine groups is 2. The van der Waals surface area contributed by atoms with Crippen LogP contribution in [0.5, 0.6) is 0 Å². The van der Waals surface area contributed by atoms with Gasteiger partial charge < -0.3 is 9.68 Å². The maximum Gasteiger partial charge on any atom is 0.357 e. The van der Waals surface area contributed by atoms with Crippen molar-refractivity contribution in [3.05, 3.63) is 71.4 Å². The number of nitrogens with zero attached hydrogens (tertiary/aromatic N) is 3. The number of thiophene rings is 1. The quantitative estimate of drug-likeness (QED) is 0.588. The van der Waals surface area contributed by atoms with E-state index in [0.717, 1.165) is 21.4 Å². The molecule has 0 amide bonds. The van der Waals surface area contributed by atoms with Gasteiger partial charge in [-0.3, -0.25) is 0 Å². The number of hydrogen-bond acceptors (Lipinski definition) is 9. The summed E-state index contributed by atoms with van der Waals surface area (Å²) in [4.78, 5) is 37.9. The molecule has 3 heterocycles. The van der Waals surface area contributed by atoms with Crippen LogP contribution >= 0.6 is 11.3 Å². The Kier molecular flexibility index (Phi) is 5.24. The van der Waals surface area contributed by atoms with Gasteiger partial charge >= 0.3 is 11.9 Å². The van der Waals surface area contributed by atoms with Crippen LogP contribution in [0.1, 0.15) is 5.69 Å². The highest BCUT2D eigenvalue weighted by Crippen LogP contribution is 2.27. The van der Waals surface area contributed by atoms with Gasteiger partial charge in [-0.05, 0) is 11.4 Å². The Morgan fingerprint density at radius 2 is 1.83 bits per heavy atom. The van der Waals surface area contributed by atoms with E-state index in [0.29, 0.717) is 10.8 Å². The average Bonchev–Trinajstić information content (AvgIpc) is 3.36. The van der Waals surface area contributed by atoms with Gasteiger partial charge in [-0.1, -0.05) is 36.4 Å². The molecule has 9 nitrogen and oxygen atoms in total. The summed E-state index contributed by atoms with van der Waals surface area (Å²) in [7, 11) is -2.63. The fourth-order valence-electron chi connectivity index (χ4n) is 2.83. The molecule has 11 heteroatoms. The van der Waals surface area contributed by atoms with E-state index in [-0.39, 0.29) is 27.7 Å². The predicted molar refractivity (Wildman–Crippen MR) is 106 cm³/mol. The topological polar surface area (TPSA) is 108 Å². The molecule has 154 valence electrons. The van der Waals surface area contributed by atoms with Gasteiger partial charge in [0.15, 0.2) is 5.82 Å². The first-order valence-electron chi connectivity index (χ1n) is 8.66. The van der Waals surface area contributed by atoms with Crippen LogP contribution in [0.3, 0.4) is 0 Å². The largest absolute Gasteiger partial charge is 0.357 e. The van der Waals surface area contributed by atoms with E-state index in [9.17, 15) is 18.0 Å². The molecule has 2 aromatic heterocycles. The molecule has 0 unspecified atom stereocenters. The highest BCUT2D eigenvalue weighted by Gasteiger charge is 2.27. The SMILES string of the molecule is CN1OC(=O)C=C(Cc2cn(S(=O)(=O)c3cccs3)c(-c3ccccc3)n2)C(=O)O1. The molecule has 0 saturated carbocycles. The lowest BCUT2D eigenvalue weighted by molar-refractivity contribution is -0.304. The van der Waals surface area contributed by atoms with Crippen molar-refractivity contribution in [2.45, 2.75) is 10.6 Å². The van der Waals surface area contributed by atoms with Crippen LogP contribution in [0.4, 0.5) is 0 Å². The summed E-state index contributed by atoms with van der Waals surface area (Å²) in [5, 5.41) is 2.32. The molecule has 1 aliphatic rings. The number of hydrogen-bond donors (Lipinski definition) is 0. The molecular formula is C19H15N3O6S2. The van der Waals surface area contributed by atoms with Crippen molar-refractivity contribution in [2.24, 2.45) is 0 Å². The molecule has 0 bridgehead atoms. The first kappa shape index (κ1) is 20.0. The minimum atomic E-state index is -3.90. The molecule has 0 N–H and O–H groups in total. The van der Waals surface area contributed by atoms with Gasteiger partial charge in [0.2, 0.25) is 0 Å². The second-order valence-electron chi connectivity index (χ2n) is 6.23. The molecule has 3 aromatic rings. The normalized spacial score (nSPS) is 15.3. The Morgan fingerprint density at radius 3 is 2.53 bits per heavy atom. The van der Waals surface area contributed by atoms with Gasteiger partial charge in [0.1, 0.15) is 4.21 Å². The lowest BCUT2D eigenvalue weighted by Crippen LogP contribution is -2.23. The van der Waals surface area contributed by atoms with Crippen molar-refractivity contribution in [3.63, 3.8) is 0 Å². The zero-order valence-corrected chi connectivity index (χ0v) is 17.2. The second-order valence-corrected chi connectivity index (χ2v) is 9.22. The zero-order valence-electron chi connectivity index (χ0n) is 15.6. The number of carbonyl (C=O) groups is 2. The van der Waals surface area contributed by atoms with E-state index in [4.69, 9.17) is 9.68 Å². The van der Waals surface area contributed by atoms with E-state index in [1.165, 1.54) is 19.3 Å². The summed E-state index contributed by atoms with van der Waals surface area (Å²) in [5.74, 6) is -1.38. The number of rotatable bonds is 5. The molecular weight excluding hydrogens is 430 g/mol. The predicted octanol–water partition coefficient (Wildman–Crippen LogP) is 2.18. The number of aromatic nitrogens is 2. The van der Waals surface area contributed by atoms with Gasteiger partial charge in [0.25, 0.3) is 10.0 Å². The molecule has 0 aliphatic carbocycles. The van der Waals surface area contributed by atoms with E-state index in [1.54, 1.807) is 41.8 Å². The van der Waals surface area contributed by atoms with Crippen molar-refractivity contribution < 1.29 is 27.7 Å². The van der Waals surface area contributed by atoms with E-state index < -0.39 is 22.0 Å². The highest BCUT2D eigenvalue weighted by molar-refractivity contribution is 7.92. The molecule has 30 heavy (non-hydrogen) atoms. The standard InChI is InChI=1S/C19H15N3O6S2/c1-21-27-16(23)11-14(19(24)28-21)10-15-12-22(30(25,26)17-8-5-9-29-17)18(20-15)13-6-3-2-4-7-13/h2-9,11-12H,10H2,1H3. The van der Waals surface area contributed by atoms with Crippen LogP contribution in [0.15, 0.2) is 69.9 Å². The van der Waals surface area contributed by atoms with E-state index in [2.05, 4.69) is 4.98 Å². The van der Waals surface area contributed by atoms with Gasteiger partial charge in [0, 0.05) is 29.5 Å². The van der Waals surface area contributed by atoms with Crippen molar-refractivity contribution >= 4 is 33.3 Å². The van der Waals surface area contributed by atoms with Crippen LogP contribution in [-0.2, 0) is 35.7 Å². The molecule has 0 saturated heterocycles. The second kappa shape index (κ2) is 7.86. The maximum atomic E-state index is 13.2. The highest BCUT2D eigenvalue weighted by atomic mass is 32.2. The summed E-state index contributed by atoms with van der Waals surface area (Å²) in [6, 6.07) is 12.0.